The monoisotopic (exact) mass is 347 g/mol. The summed E-state index contributed by atoms with van der Waals surface area (Å²) < 4.78 is 20.3. The molecule has 0 bridgehead atoms. The van der Waals surface area contributed by atoms with Crippen molar-refractivity contribution in [3.8, 4) is 0 Å². The molecule has 0 aromatic heterocycles. The SMILES string of the molecule is CC(=O)N[C@@H]1[C@@H](OC(C)=O)[C@@H](OC(C)=O)[C@H](COC(C)=O)O[C@@H]1O. The summed E-state index contributed by atoms with van der Waals surface area (Å²) in [4.78, 5) is 45.0. The Balaban J connectivity index is 3.11. The number of carbonyl (C=O) groups is 4. The highest BCUT2D eigenvalue weighted by Crippen LogP contribution is 2.26. The Morgan fingerprint density at radius 3 is 1.96 bits per heavy atom. The summed E-state index contributed by atoms with van der Waals surface area (Å²) in [5.41, 5.74) is 0. The minimum atomic E-state index is -1.56. The van der Waals surface area contributed by atoms with Gasteiger partial charge in [-0.1, -0.05) is 0 Å². The van der Waals surface area contributed by atoms with E-state index in [1.54, 1.807) is 0 Å². The Morgan fingerprint density at radius 1 is 0.958 bits per heavy atom. The minimum absolute atomic E-state index is 0.338. The number of ether oxygens (including phenoxy) is 4. The van der Waals surface area contributed by atoms with Crippen molar-refractivity contribution in [2.24, 2.45) is 0 Å². The van der Waals surface area contributed by atoms with E-state index in [2.05, 4.69) is 5.32 Å². The van der Waals surface area contributed by atoms with E-state index in [9.17, 15) is 24.3 Å². The molecule has 2 N–H and O–H groups in total. The van der Waals surface area contributed by atoms with E-state index in [1.165, 1.54) is 13.8 Å². The summed E-state index contributed by atoms with van der Waals surface area (Å²) >= 11 is 0. The maximum atomic E-state index is 11.4. The number of hydrogen-bond donors (Lipinski definition) is 2. The van der Waals surface area contributed by atoms with E-state index in [0.29, 0.717) is 0 Å². The van der Waals surface area contributed by atoms with Gasteiger partial charge < -0.3 is 29.4 Å². The number of amides is 1. The summed E-state index contributed by atoms with van der Waals surface area (Å²) in [6.07, 6.45) is -5.06. The molecule has 1 saturated heterocycles. The van der Waals surface area contributed by atoms with Crippen LogP contribution in [-0.2, 0) is 38.1 Å². The number of aliphatic hydroxyl groups is 1. The van der Waals surface area contributed by atoms with Gasteiger partial charge in [0.25, 0.3) is 0 Å². The first kappa shape index (κ1) is 19.8. The van der Waals surface area contributed by atoms with Crippen LogP contribution in [0.4, 0.5) is 0 Å². The van der Waals surface area contributed by atoms with Gasteiger partial charge in [0, 0.05) is 27.7 Å². The Morgan fingerprint density at radius 2 is 1.50 bits per heavy atom. The number of hydrogen-bond acceptors (Lipinski definition) is 9. The second kappa shape index (κ2) is 8.60. The van der Waals surface area contributed by atoms with Crippen molar-refractivity contribution in [1.29, 1.82) is 0 Å². The van der Waals surface area contributed by atoms with Crippen LogP contribution in [0.1, 0.15) is 27.7 Å². The van der Waals surface area contributed by atoms with Crippen LogP contribution in [0.25, 0.3) is 0 Å². The van der Waals surface area contributed by atoms with Crippen LogP contribution < -0.4 is 5.32 Å². The van der Waals surface area contributed by atoms with E-state index in [-0.39, 0.29) is 6.61 Å². The second-order valence-corrected chi connectivity index (χ2v) is 5.24. The molecule has 0 saturated carbocycles. The number of carbonyl (C=O) groups excluding carboxylic acids is 4. The lowest BCUT2D eigenvalue weighted by Crippen LogP contribution is -2.66. The van der Waals surface area contributed by atoms with E-state index >= 15 is 0 Å². The van der Waals surface area contributed by atoms with Crippen molar-refractivity contribution < 1.29 is 43.2 Å². The van der Waals surface area contributed by atoms with E-state index in [4.69, 9.17) is 18.9 Å². The summed E-state index contributed by atoms with van der Waals surface area (Å²) in [5, 5.41) is 12.5. The highest BCUT2D eigenvalue weighted by Gasteiger charge is 2.50. The Bertz CT molecular complexity index is 506. The largest absolute Gasteiger partial charge is 0.463 e. The fourth-order valence-corrected chi connectivity index (χ4v) is 2.31. The predicted molar refractivity (Wildman–Crippen MR) is 76.2 cm³/mol. The summed E-state index contributed by atoms with van der Waals surface area (Å²) in [6, 6.07) is -1.16. The molecule has 0 aromatic carbocycles. The molecule has 10 nitrogen and oxygen atoms in total. The van der Waals surface area contributed by atoms with Crippen molar-refractivity contribution in [3.05, 3.63) is 0 Å². The Labute approximate surface area is 138 Å². The zero-order valence-electron chi connectivity index (χ0n) is 13.8. The van der Waals surface area contributed by atoms with Crippen LogP contribution in [-0.4, -0.2) is 66.2 Å². The fourth-order valence-electron chi connectivity index (χ4n) is 2.31. The van der Waals surface area contributed by atoms with Crippen molar-refractivity contribution in [1.82, 2.24) is 5.32 Å². The van der Waals surface area contributed by atoms with Crippen LogP contribution in [0.15, 0.2) is 0 Å². The lowest BCUT2D eigenvalue weighted by molar-refractivity contribution is -0.264. The lowest BCUT2D eigenvalue weighted by Gasteiger charge is -2.43. The van der Waals surface area contributed by atoms with Crippen molar-refractivity contribution in [2.45, 2.75) is 58.3 Å². The molecule has 24 heavy (non-hydrogen) atoms. The van der Waals surface area contributed by atoms with Gasteiger partial charge in [0.15, 0.2) is 18.5 Å². The summed E-state index contributed by atoms with van der Waals surface area (Å²) in [6.45, 7) is 4.28. The quantitative estimate of drug-likeness (QED) is 0.456. The molecule has 1 rings (SSSR count). The van der Waals surface area contributed by atoms with Gasteiger partial charge in [-0.15, -0.1) is 0 Å². The predicted octanol–water partition coefficient (Wildman–Crippen LogP) is -1.37. The normalized spacial score (nSPS) is 29.3. The average Bonchev–Trinajstić information content (AvgIpc) is 2.42. The average molecular weight is 347 g/mol. The zero-order chi connectivity index (χ0) is 18.4. The number of aliphatic hydroxyl groups excluding tert-OH is 1. The van der Waals surface area contributed by atoms with E-state index in [0.717, 1.165) is 13.8 Å². The number of esters is 3. The van der Waals surface area contributed by atoms with Gasteiger partial charge in [-0.2, -0.15) is 0 Å². The van der Waals surface area contributed by atoms with Crippen molar-refractivity contribution >= 4 is 23.8 Å². The number of nitrogens with one attached hydrogen (secondary N) is 1. The van der Waals surface area contributed by atoms with Gasteiger partial charge >= 0.3 is 17.9 Å². The molecule has 1 heterocycles. The maximum Gasteiger partial charge on any atom is 0.303 e. The smallest absolute Gasteiger partial charge is 0.303 e. The van der Waals surface area contributed by atoms with Crippen LogP contribution in [0, 0.1) is 0 Å². The van der Waals surface area contributed by atoms with Crippen molar-refractivity contribution in [3.63, 3.8) is 0 Å². The third-order valence-electron chi connectivity index (χ3n) is 3.09. The molecule has 0 radical (unpaired) electrons. The molecule has 1 fully saturated rings. The number of rotatable bonds is 5. The first-order valence-electron chi connectivity index (χ1n) is 7.20. The van der Waals surface area contributed by atoms with Gasteiger partial charge in [0.05, 0.1) is 0 Å². The first-order valence-corrected chi connectivity index (χ1v) is 7.20. The molecular formula is C14H21NO9. The molecule has 136 valence electrons. The molecule has 0 spiro atoms. The third-order valence-corrected chi connectivity index (χ3v) is 3.09. The second-order valence-electron chi connectivity index (χ2n) is 5.24. The highest BCUT2D eigenvalue weighted by molar-refractivity contribution is 5.73. The first-order chi connectivity index (χ1) is 11.1. The highest BCUT2D eigenvalue weighted by atomic mass is 16.7. The van der Waals surface area contributed by atoms with Gasteiger partial charge in [-0.05, 0) is 0 Å². The molecule has 1 aliphatic heterocycles. The molecule has 0 aromatic rings. The van der Waals surface area contributed by atoms with E-state index < -0.39 is 54.5 Å². The van der Waals surface area contributed by atoms with Crippen LogP contribution in [0.5, 0.6) is 0 Å². The van der Waals surface area contributed by atoms with Crippen molar-refractivity contribution in [2.75, 3.05) is 6.61 Å². The topological polar surface area (TPSA) is 137 Å². The molecule has 1 aliphatic rings. The zero-order valence-corrected chi connectivity index (χ0v) is 13.8. The van der Waals surface area contributed by atoms with Crippen LogP contribution in [0.3, 0.4) is 0 Å². The molecular weight excluding hydrogens is 326 g/mol. The molecule has 0 aliphatic carbocycles. The summed E-state index contributed by atoms with van der Waals surface area (Å²) in [7, 11) is 0. The van der Waals surface area contributed by atoms with Crippen LogP contribution in [0.2, 0.25) is 0 Å². The molecule has 1 amide bonds. The van der Waals surface area contributed by atoms with Gasteiger partial charge in [-0.25, -0.2) is 0 Å². The molecule has 10 heteroatoms. The standard InChI is InChI=1S/C14H21NO9/c1-6(16)15-11-13(23-9(4)19)12(22-8(3)18)10(24-14(11)20)5-21-7(2)17/h10-14,20H,5H2,1-4H3,(H,15,16)/t10-,11+,12-,13+,14-/m0/s1. The fraction of sp³-hybridized carbons (Fsp3) is 0.714. The lowest BCUT2D eigenvalue weighted by atomic mass is 9.96. The van der Waals surface area contributed by atoms with Crippen LogP contribution >= 0.6 is 0 Å². The molecule has 0 unspecified atom stereocenters. The third kappa shape index (κ3) is 5.78. The van der Waals surface area contributed by atoms with Gasteiger partial charge in [0.1, 0.15) is 18.8 Å². The summed E-state index contributed by atoms with van der Waals surface area (Å²) in [5.74, 6) is -2.54. The van der Waals surface area contributed by atoms with E-state index in [1.807, 2.05) is 0 Å². The minimum Gasteiger partial charge on any atom is -0.463 e. The Kier molecular flexibility index (Phi) is 7.11. The maximum absolute atomic E-state index is 11.4. The Hall–Kier alpha value is -2.20. The van der Waals surface area contributed by atoms with Gasteiger partial charge in [0.2, 0.25) is 5.91 Å². The molecule has 5 atom stereocenters. The van der Waals surface area contributed by atoms with Gasteiger partial charge in [-0.3, -0.25) is 19.2 Å².